The molecule has 1 aromatic carbocycles. The van der Waals surface area contributed by atoms with Gasteiger partial charge in [-0.15, -0.1) is 0 Å². The molecule has 0 radical (unpaired) electrons. The molecule has 0 atom stereocenters. The van der Waals surface area contributed by atoms with Gasteiger partial charge in [0, 0.05) is 12.0 Å². The van der Waals surface area contributed by atoms with Crippen molar-refractivity contribution >= 4 is 6.29 Å². The minimum atomic E-state index is 0.466. The third-order valence-corrected chi connectivity index (χ3v) is 2.09. The maximum absolute atomic E-state index is 10.6. The second-order valence-electron chi connectivity index (χ2n) is 3.37. The molecule has 0 saturated heterocycles. The number of nitriles is 1. The summed E-state index contributed by atoms with van der Waals surface area (Å²) in [5.41, 5.74) is 0.554. The third-order valence-electron chi connectivity index (χ3n) is 2.09. The Balaban J connectivity index is 2.69. The molecule has 0 N–H and O–H groups in total. The van der Waals surface area contributed by atoms with Crippen molar-refractivity contribution < 1.29 is 14.3 Å². The van der Waals surface area contributed by atoms with Gasteiger partial charge in [0.15, 0.2) is 11.5 Å². The molecule has 4 nitrogen and oxygen atoms in total. The molecule has 0 aliphatic rings. The number of benzene rings is 1. The molecular weight excluding hydrogens is 218 g/mol. The zero-order chi connectivity index (χ0) is 12.5. The normalized spacial score (nSPS) is 9.41. The van der Waals surface area contributed by atoms with E-state index in [1.165, 1.54) is 0 Å². The Bertz CT molecular complexity index is 410. The molecule has 0 spiro atoms. The molecule has 0 saturated carbocycles. The van der Waals surface area contributed by atoms with E-state index in [0.717, 1.165) is 6.29 Å². The van der Waals surface area contributed by atoms with Crippen LogP contribution >= 0.6 is 0 Å². The molecular formula is C13H15NO3. The highest BCUT2D eigenvalue weighted by atomic mass is 16.5. The fourth-order valence-electron chi connectivity index (χ4n) is 1.32. The molecule has 0 heterocycles. The van der Waals surface area contributed by atoms with Crippen LogP contribution in [-0.2, 0) is 0 Å². The number of unbranched alkanes of at least 4 members (excludes halogenated alkanes) is 1. The Labute approximate surface area is 101 Å². The Kier molecular flexibility index (Phi) is 5.59. The summed E-state index contributed by atoms with van der Waals surface area (Å²) in [6.07, 6.45) is 1.91. The van der Waals surface area contributed by atoms with E-state index >= 15 is 0 Å². The number of hydrogen-bond acceptors (Lipinski definition) is 4. The summed E-state index contributed by atoms with van der Waals surface area (Å²) in [7, 11) is 0. The van der Waals surface area contributed by atoms with Gasteiger partial charge in [0.2, 0.25) is 0 Å². The molecule has 0 bridgehead atoms. The lowest BCUT2D eigenvalue weighted by Gasteiger charge is -2.11. The van der Waals surface area contributed by atoms with Gasteiger partial charge in [-0.1, -0.05) is 0 Å². The van der Waals surface area contributed by atoms with E-state index in [-0.39, 0.29) is 0 Å². The zero-order valence-electron chi connectivity index (χ0n) is 9.81. The van der Waals surface area contributed by atoms with E-state index in [1.807, 2.05) is 6.92 Å². The number of ether oxygens (including phenoxy) is 2. The van der Waals surface area contributed by atoms with E-state index in [4.69, 9.17) is 14.7 Å². The predicted molar refractivity (Wildman–Crippen MR) is 63.3 cm³/mol. The summed E-state index contributed by atoms with van der Waals surface area (Å²) in [6, 6.07) is 7.09. The van der Waals surface area contributed by atoms with Crippen molar-refractivity contribution in [3.63, 3.8) is 0 Å². The predicted octanol–water partition coefficient (Wildman–Crippen LogP) is 2.58. The number of rotatable bonds is 7. The summed E-state index contributed by atoms with van der Waals surface area (Å²) in [5, 5.41) is 8.40. The van der Waals surface area contributed by atoms with Crippen LogP contribution in [0.25, 0.3) is 0 Å². The fraction of sp³-hybridized carbons (Fsp3) is 0.385. The van der Waals surface area contributed by atoms with Crippen LogP contribution in [0.3, 0.4) is 0 Å². The van der Waals surface area contributed by atoms with Gasteiger partial charge in [-0.2, -0.15) is 5.26 Å². The minimum Gasteiger partial charge on any atom is -0.490 e. The van der Waals surface area contributed by atoms with Crippen LogP contribution in [0.5, 0.6) is 11.5 Å². The summed E-state index contributed by atoms with van der Waals surface area (Å²) in [5.74, 6) is 1.17. The number of carbonyl (C=O) groups is 1. The van der Waals surface area contributed by atoms with Crippen LogP contribution in [0.2, 0.25) is 0 Å². The van der Waals surface area contributed by atoms with Crippen molar-refractivity contribution in [1.82, 2.24) is 0 Å². The second-order valence-corrected chi connectivity index (χ2v) is 3.37. The number of nitrogens with zero attached hydrogens (tertiary/aromatic N) is 1. The van der Waals surface area contributed by atoms with Crippen LogP contribution < -0.4 is 9.47 Å². The van der Waals surface area contributed by atoms with E-state index < -0.39 is 0 Å². The zero-order valence-corrected chi connectivity index (χ0v) is 9.81. The molecule has 0 unspecified atom stereocenters. The molecule has 1 rings (SSSR count). The molecule has 17 heavy (non-hydrogen) atoms. The first-order chi connectivity index (χ1) is 8.31. The number of carbonyl (C=O) groups excluding carboxylic acids is 1. The lowest BCUT2D eigenvalue weighted by atomic mass is 10.2. The Hall–Kier alpha value is -2.02. The molecule has 0 fully saturated rings. The summed E-state index contributed by atoms with van der Waals surface area (Å²) in [4.78, 5) is 10.6. The fourth-order valence-corrected chi connectivity index (χ4v) is 1.32. The van der Waals surface area contributed by atoms with Gasteiger partial charge in [-0.25, -0.2) is 0 Å². The number of aldehydes is 1. The van der Waals surface area contributed by atoms with Gasteiger partial charge in [-0.05, 0) is 31.5 Å². The quantitative estimate of drug-likeness (QED) is 0.536. The van der Waals surface area contributed by atoms with Crippen LogP contribution in [0, 0.1) is 11.3 Å². The van der Waals surface area contributed by atoms with Crippen molar-refractivity contribution in [2.45, 2.75) is 19.8 Å². The molecule has 90 valence electrons. The van der Waals surface area contributed by atoms with Gasteiger partial charge in [-0.3, -0.25) is 4.79 Å². The van der Waals surface area contributed by atoms with Crippen molar-refractivity contribution in [2.24, 2.45) is 0 Å². The molecule has 4 heteroatoms. The molecule has 0 amide bonds. The first kappa shape index (κ1) is 13.0. The Morgan fingerprint density at radius 3 is 2.82 bits per heavy atom. The van der Waals surface area contributed by atoms with Crippen molar-refractivity contribution in [3.05, 3.63) is 23.8 Å². The van der Waals surface area contributed by atoms with Crippen LogP contribution in [0.15, 0.2) is 18.2 Å². The first-order valence-corrected chi connectivity index (χ1v) is 5.53. The maximum atomic E-state index is 10.6. The van der Waals surface area contributed by atoms with E-state index in [9.17, 15) is 4.79 Å². The van der Waals surface area contributed by atoms with Gasteiger partial charge >= 0.3 is 0 Å². The molecule has 0 aliphatic carbocycles. The highest BCUT2D eigenvalue weighted by Gasteiger charge is 2.05. The molecule has 0 aromatic heterocycles. The molecule has 0 aliphatic heterocycles. The number of hydrogen-bond donors (Lipinski definition) is 0. The average molecular weight is 233 g/mol. The topological polar surface area (TPSA) is 59.3 Å². The Morgan fingerprint density at radius 2 is 2.18 bits per heavy atom. The third kappa shape index (κ3) is 4.15. The average Bonchev–Trinajstić information content (AvgIpc) is 2.36. The van der Waals surface area contributed by atoms with Gasteiger partial charge in [0.05, 0.1) is 19.3 Å². The summed E-state index contributed by atoms with van der Waals surface area (Å²) >= 11 is 0. The first-order valence-electron chi connectivity index (χ1n) is 5.53. The largest absolute Gasteiger partial charge is 0.490 e. The minimum absolute atomic E-state index is 0.466. The molecule has 1 aromatic rings. The smallest absolute Gasteiger partial charge is 0.161 e. The van der Waals surface area contributed by atoms with Crippen LogP contribution in [0.4, 0.5) is 0 Å². The van der Waals surface area contributed by atoms with Gasteiger partial charge < -0.3 is 9.47 Å². The monoisotopic (exact) mass is 233 g/mol. The van der Waals surface area contributed by atoms with Crippen molar-refractivity contribution in [3.8, 4) is 17.6 Å². The van der Waals surface area contributed by atoms with E-state index in [0.29, 0.717) is 43.1 Å². The lowest BCUT2D eigenvalue weighted by molar-refractivity contribution is 0.112. The summed E-state index contributed by atoms with van der Waals surface area (Å²) < 4.78 is 10.9. The second kappa shape index (κ2) is 7.29. The highest BCUT2D eigenvalue weighted by Crippen LogP contribution is 2.28. The van der Waals surface area contributed by atoms with Crippen molar-refractivity contribution in [1.29, 1.82) is 5.26 Å². The van der Waals surface area contributed by atoms with Gasteiger partial charge in [0.1, 0.15) is 6.29 Å². The van der Waals surface area contributed by atoms with Crippen LogP contribution in [-0.4, -0.2) is 19.5 Å². The standard InChI is InChI=1S/C13H15NO3/c1-2-16-13-9-11(10-15)5-6-12(13)17-8-4-3-7-14/h5-6,9-10H,2-4,8H2,1H3. The lowest BCUT2D eigenvalue weighted by Crippen LogP contribution is -2.01. The SMILES string of the molecule is CCOc1cc(C=O)ccc1OCCCC#N. The highest BCUT2D eigenvalue weighted by molar-refractivity contribution is 5.76. The van der Waals surface area contributed by atoms with Crippen LogP contribution in [0.1, 0.15) is 30.1 Å². The van der Waals surface area contributed by atoms with Crippen molar-refractivity contribution in [2.75, 3.05) is 13.2 Å². The van der Waals surface area contributed by atoms with E-state index in [2.05, 4.69) is 6.07 Å². The maximum Gasteiger partial charge on any atom is 0.161 e. The van der Waals surface area contributed by atoms with Gasteiger partial charge in [0.25, 0.3) is 0 Å². The van der Waals surface area contributed by atoms with E-state index in [1.54, 1.807) is 18.2 Å². The summed E-state index contributed by atoms with van der Waals surface area (Å²) in [6.45, 7) is 2.85. The Morgan fingerprint density at radius 1 is 1.35 bits per heavy atom.